The lowest BCUT2D eigenvalue weighted by Crippen LogP contribution is -2.34. The monoisotopic (exact) mass is 204 g/mol. The zero-order valence-electron chi connectivity index (χ0n) is 8.00. The SMILES string of the molecule is C#CCNS(=O)(=O)CCNC(C)C. The summed E-state index contributed by atoms with van der Waals surface area (Å²) in [5.41, 5.74) is 0. The Morgan fingerprint density at radius 1 is 1.46 bits per heavy atom. The van der Waals surface area contributed by atoms with Crippen LogP contribution in [-0.2, 0) is 10.0 Å². The number of hydrogen-bond acceptors (Lipinski definition) is 3. The first-order valence-corrected chi connectivity index (χ1v) is 5.77. The molecule has 0 radical (unpaired) electrons. The van der Waals surface area contributed by atoms with E-state index in [9.17, 15) is 8.42 Å². The molecule has 0 unspecified atom stereocenters. The van der Waals surface area contributed by atoms with Crippen molar-refractivity contribution >= 4 is 10.0 Å². The summed E-state index contributed by atoms with van der Waals surface area (Å²) in [5, 5.41) is 3.01. The lowest BCUT2D eigenvalue weighted by molar-refractivity contribution is 0.570. The average Bonchev–Trinajstić information content (AvgIpc) is 2.00. The third kappa shape index (κ3) is 7.78. The molecule has 5 heteroatoms. The van der Waals surface area contributed by atoms with Gasteiger partial charge < -0.3 is 5.32 Å². The molecule has 0 aromatic heterocycles. The van der Waals surface area contributed by atoms with E-state index < -0.39 is 10.0 Å². The van der Waals surface area contributed by atoms with Gasteiger partial charge in [-0.1, -0.05) is 19.8 Å². The first-order chi connectivity index (χ1) is 5.98. The van der Waals surface area contributed by atoms with Gasteiger partial charge in [0.15, 0.2) is 0 Å². The highest BCUT2D eigenvalue weighted by Crippen LogP contribution is 1.83. The van der Waals surface area contributed by atoms with Crippen molar-refractivity contribution in [1.82, 2.24) is 10.0 Å². The predicted octanol–water partition coefficient (Wildman–Crippen LogP) is -0.463. The summed E-state index contributed by atoms with van der Waals surface area (Å²) in [4.78, 5) is 0. The van der Waals surface area contributed by atoms with Crippen LogP contribution in [0.2, 0.25) is 0 Å². The van der Waals surface area contributed by atoms with Crippen LogP contribution in [0.3, 0.4) is 0 Å². The van der Waals surface area contributed by atoms with Gasteiger partial charge in [-0.3, -0.25) is 0 Å². The van der Waals surface area contributed by atoms with Gasteiger partial charge in [-0.05, 0) is 0 Å². The van der Waals surface area contributed by atoms with Crippen LogP contribution < -0.4 is 10.0 Å². The Morgan fingerprint density at radius 3 is 2.54 bits per heavy atom. The Morgan fingerprint density at radius 2 is 2.08 bits per heavy atom. The van der Waals surface area contributed by atoms with Crippen molar-refractivity contribution in [3.8, 4) is 12.3 Å². The molecule has 0 aliphatic rings. The summed E-state index contributed by atoms with van der Waals surface area (Å²) in [6.45, 7) is 4.42. The van der Waals surface area contributed by atoms with Gasteiger partial charge in [0.2, 0.25) is 10.0 Å². The second kappa shape index (κ2) is 5.97. The molecule has 0 aliphatic carbocycles. The van der Waals surface area contributed by atoms with Gasteiger partial charge in [0.1, 0.15) is 0 Å². The van der Waals surface area contributed by atoms with Crippen LogP contribution in [-0.4, -0.2) is 33.3 Å². The number of nitrogens with one attached hydrogen (secondary N) is 2. The molecule has 2 N–H and O–H groups in total. The van der Waals surface area contributed by atoms with Gasteiger partial charge in [0, 0.05) is 12.6 Å². The normalized spacial score (nSPS) is 11.5. The van der Waals surface area contributed by atoms with Crippen molar-refractivity contribution in [2.45, 2.75) is 19.9 Å². The van der Waals surface area contributed by atoms with Crippen LogP contribution in [0.5, 0.6) is 0 Å². The minimum Gasteiger partial charge on any atom is -0.313 e. The Balaban J connectivity index is 3.72. The molecule has 76 valence electrons. The largest absolute Gasteiger partial charge is 0.313 e. The highest BCUT2D eigenvalue weighted by Gasteiger charge is 2.07. The maximum Gasteiger partial charge on any atom is 0.213 e. The smallest absolute Gasteiger partial charge is 0.213 e. The molecule has 0 bridgehead atoms. The van der Waals surface area contributed by atoms with Gasteiger partial charge >= 0.3 is 0 Å². The van der Waals surface area contributed by atoms with E-state index >= 15 is 0 Å². The average molecular weight is 204 g/mol. The van der Waals surface area contributed by atoms with Crippen molar-refractivity contribution in [3.63, 3.8) is 0 Å². The van der Waals surface area contributed by atoms with Gasteiger partial charge in [-0.25, -0.2) is 13.1 Å². The quantitative estimate of drug-likeness (QED) is 0.575. The minimum atomic E-state index is -3.19. The van der Waals surface area contributed by atoms with E-state index in [1.165, 1.54) is 0 Å². The third-order valence-electron chi connectivity index (χ3n) is 1.32. The number of hydrogen-bond donors (Lipinski definition) is 2. The zero-order valence-corrected chi connectivity index (χ0v) is 8.82. The fourth-order valence-corrected chi connectivity index (χ4v) is 1.54. The summed E-state index contributed by atoms with van der Waals surface area (Å²) in [6, 6.07) is 0.294. The lowest BCUT2D eigenvalue weighted by Gasteiger charge is -2.08. The van der Waals surface area contributed by atoms with Gasteiger partial charge in [-0.15, -0.1) is 6.42 Å². The molecule has 0 atom stereocenters. The lowest BCUT2D eigenvalue weighted by atomic mass is 10.4. The molecular weight excluding hydrogens is 188 g/mol. The Labute approximate surface area is 80.2 Å². The number of sulfonamides is 1. The molecule has 0 aromatic rings. The van der Waals surface area contributed by atoms with E-state index in [-0.39, 0.29) is 12.3 Å². The van der Waals surface area contributed by atoms with E-state index in [0.29, 0.717) is 12.6 Å². The Kier molecular flexibility index (Phi) is 5.71. The molecule has 0 spiro atoms. The molecule has 13 heavy (non-hydrogen) atoms. The second-order valence-electron chi connectivity index (χ2n) is 2.95. The molecule has 4 nitrogen and oxygen atoms in total. The minimum absolute atomic E-state index is 0.0595. The van der Waals surface area contributed by atoms with Crippen molar-refractivity contribution in [3.05, 3.63) is 0 Å². The Hall–Kier alpha value is -0.570. The molecule has 0 saturated carbocycles. The summed E-state index contributed by atoms with van der Waals surface area (Å²) < 4.78 is 24.5. The molecule has 0 saturated heterocycles. The van der Waals surface area contributed by atoms with E-state index in [1.807, 2.05) is 13.8 Å². The van der Waals surface area contributed by atoms with Gasteiger partial charge in [0.05, 0.1) is 12.3 Å². The molecule has 0 rings (SSSR count). The maximum atomic E-state index is 11.1. The van der Waals surface area contributed by atoms with E-state index in [2.05, 4.69) is 16.0 Å². The van der Waals surface area contributed by atoms with E-state index in [1.54, 1.807) is 0 Å². The van der Waals surface area contributed by atoms with Crippen LogP contribution in [0, 0.1) is 12.3 Å². The predicted molar refractivity (Wildman–Crippen MR) is 53.8 cm³/mol. The van der Waals surface area contributed by atoms with Gasteiger partial charge in [0.25, 0.3) is 0 Å². The first kappa shape index (κ1) is 12.4. The summed E-state index contributed by atoms with van der Waals surface area (Å²) in [6.07, 6.45) is 4.92. The van der Waals surface area contributed by atoms with Crippen LogP contribution in [0.15, 0.2) is 0 Å². The van der Waals surface area contributed by atoms with Gasteiger partial charge in [-0.2, -0.15) is 0 Å². The molecule has 0 fully saturated rings. The molecule has 0 aliphatic heterocycles. The van der Waals surface area contributed by atoms with Crippen LogP contribution >= 0.6 is 0 Å². The molecular formula is C8H16N2O2S. The molecule has 0 amide bonds. The van der Waals surface area contributed by atoms with Crippen molar-refractivity contribution in [1.29, 1.82) is 0 Å². The summed E-state index contributed by atoms with van der Waals surface area (Å²) in [7, 11) is -3.19. The Bertz CT molecular complexity index is 264. The van der Waals surface area contributed by atoms with Crippen molar-refractivity contribution in [2.24, 2.45) is 0 Å². The summed E-state index contributed by atoms with van der Waals surface area (Å²) in [5.74, 6) is 2.27. The van der Waals surface area contributed by atoms with E-state index in [4.69, 9.17) is 6.42 Å². The number of terminal acetylenes is 1. The number of rotatable bonds is 6. The molecule has 0 heterocycles. The maximum absolute atomic E-state index is 11.1. The first-order valence-electron chi connectivity index (χ1n) is 4.12. The van der Waals surface area contributed by atoms with E-state index in [0.717, 1.165) is 0 Å². The van der Waals surface area contributed by atoms with Crippen LogP contribution in [0.4, 0.5) is 0 Å². The summed E-state index contributed by atoms with van der Waals surface area (Å²) >= 11 is 0. The second-order valence-corrected chi connectivity index (χ2v) is 4.88. The molecule has 0 aromatic carbocycles. The van der Waals surface area contributed by atoms with Crippen molar-refractivity contribution < 1.29 is 8.42 Å². The van der Waals surface area contributed by atoms with Crippen molar-refractivity contribution in [2.75, 3.05) is 18.8 Å². The zero-order chi connectivity index (χ0) is 10.3. The highest BCUT2D eigenvalue weighted by molar-refractivity contribution is 7.89. The van der Waals surface area contributed by atoms with Crippen LogP contribution in [0.1, 0.15) is 13.8 Å². The standard InChI is InChI=1S/C8H16N2O2S/c1-4-5-10-13(11,12)7-6-9-8(2)3/h1,8-10H,5-7H2,2-3H3. The topological polar surface area (TPSA) is 58.2 Å². The fraction of sp³-hybridized carbons (Fsp3) is 0.750. The fourth-order valence-electron chi connectivity index (χ4n) is 0.706. The highest BCUT2D eigenvalue weighted by atomic mass is 32.2. The van der Waals surface area contributed by atoms with Crippen LogP contribution in [0.25, 0.3) is 0 Å². The third-order valence-corrected chi connectivity index (χ3v) is 2.64.